The van der Waals surface area contributed by atoms with E-state index in [1.54, 1.807) is 6.07 Å². The zero-order valence-corrected chi connectivity index (χ0v) is 24.0. The predicted octanol–water partition coefficient (Wildman–Crippen LogP) is 5.19. The van der Waals surface area contributed by atoms with Crippen molar-refractivity contribution in [1.82, 2.24) is 10.2 Å². The fourth-order valence-corrected chi connectivity index (χ4v) is 5.03. The van der Waals surface area contributed by atoms with Crippen LogP contribution < -0.4 is 15.5 Å². The van der Waals surface area contributed by atoms with Gasteiger partial charge in [0.25, 0.3) is 0 Å². The number of nitrogens with one attached hydrogen (secondary N) is 2. The van der Waals surface area contributed by atoms with E-state index in [0.29, 0.717) is 23.7 Å². The Labute approximate surface area is 240 Å². The van der Waals surface area contributed by atoms with E-state index in [2.05, 4.69) is 27.4 Å². The van der Waals surface area contributed by atoms with Crippen molar-refractivity contribution >= 4 is 52.4 Å². The van der Waals surface area contributed by atoms with Crippen LogP contribution in [0.3, 0.4) is 0 Å². The molecule has 0 aromatic heterocycles. The summed E-state index contributed by atoms with van der Waals surface area (Å²) in [6.45, 7) is 7.09. The zero-order chi connectivity index (χ0) is 28.2. The van der Waals surface area contributed by atoms with Crippen molar-refractivity contribution in [3.63, 3.8) is 0 Å². The number of anilines is 2. The van der Waals surface area contributed by atoms with E-state index in [4.69, 9.17) is 33.0 Å². The van der Waals surface area contributed by atoms with Crippen LogP contribution in [0.4, 0.5) is 11.4 Å². The molecule has 1 aromatic carbocycles. The van der Waals surface area contributed by atoms with Crippen molar-refractivity contribution < 1.29 is 24.2 Å². The number of aliphatic carboxylic acids is 1. The molecule has 39 heavy (non-hydrogen) atoms. The van der Waals surface area contributed by atoms with Crippen LogP contribution in [0.5, 0.6) is 0 Å². The number of halogens is 2. The second-order valence-electron chi connectivity index (χ2n) is 9.67. The Bertz CT molecular complexity index is 1080. The van der Waals surface area contributed by atoms with Gasteiger partial charge in [-0.05, 0) is 62.9 Å². The molecule has 214 valence electrons. The lowest BCUT2D eigenvalue weighted by Gasteiger charge is -2.36. The molecule has 0 aliphatic carbocycles. The zero-order valence-electron chi connectivity index (χ0n) is 22.4. The minimum atomic E-state index is -1.03. The molecule has 0 radical (unpaired) electrons. The second-order valence-corrected chi connectivity index (χ2v) is 10.4. The third kappa shape index (κ3) is 10.1. The van der Waals surface area contributed by atoms with E-state index in [1.165, 1.54) is 0 Å². The summed E-state index contributed by atoms with van der Waals surface area (Å²) in [5.74, 6) is -0.557. The van der Waals surface area contributed by atoms with Gasteiger partial charge in [0.1, 0.15) is 5.76 Å². The van der Waals surface area contributed by atoms with Gasteiger partial charge in [0, 0.05) is 44.7 Å². The van der Waals surface area contributed by atoms with E-state index >= 15 is 0 Å². The number of carbonyl (C=O) groups excluding carboxylic acids is 2. The molecule has 0 bridgehead atoms. The van der Waals surface area contributed by atoms with Crippen LogP contribution in [-0.4, -0.2) is 67.1 Å². The Morgan fingerprint density at radius 1 is 1.10 bits per heavy atom. The lowest BCUT2D eigenvalue weighted by atomic mass is 10.1. The summed E-state index contributed by atoms with van der Waals surface area (Å²) in [7, 11) is 0. The molecule has 2 fully saturated rings. The fraction of sp³-hybridized carbons (Fsp3) is 0.536. The lowest BCUT2D eigenvalue weighted by molar-refractivity contribution is -0.138. The number of hydrogen-bond acceptors (Lipinski definition) is 6. The highest BCUT2D eigenvalue weighted by molar-refractivity contribution is 6.45. The number of hydrogen-bond donors (Lipinski definition) is 3. The van der Waals surface area contributed by atoms with E-state index in [0.717, 1.165) is 82.0 Å². The molecule has 2 amide bonds. The number of piperidine rings is 1. The number of amides is 2. The molecule has 2 aliphatic heterocycles. The van der Waals surface area contributed by atoms with Crippen molar-refractivity contribution in [1.29, 1.82) is 0 Å². The number of carboxylic acids is 1. The van der Waals surface area contributed by atoms with Gasteiger partial charge in [-0.15, -0.1) is 0 Å². The van der Waals surface area contributed by atoms with Gasteiger partial charge >= 0.3 is 5.97 Å². The molecular weight excluding hydrogens is 543 g/mol. The first-order valence-electron chi connectivity index (χ1n) is 13.6. The topological polar surface area (TPSA) is 111 Å². The number of carbonyl (C=O) groups is 3. The summed E-state index contributed by atoms with van der Waals surface area (Å²) >= 11 is 13.0. The van der Waals surface area contributed by atoms with Crippen LogP contribution in [0.25, 0.3) is 0 Å². The third-order valence-electron chi connectivity index (χ3n) is 6.62. The number of carboxylic acid groups (broad SMARTS) is 1. The van der Waals surface area contributed by atoms with Crippen molar-refractivity contribution in [2.75, 3.05) is 49.5 Å². The molecule has 2 saturated heterocycles. The minimum Gasteiger partial charge on any atom is -0.494 e. The highest BCUT2D eigenvalue weighted by atomic mass is 35.5. The predicted molar refractivity (Wildman–Crippen MR) is 154 cm³/mol. The Hall–Kier alpha value is -2.75. The first kappa shape index (κ1) is 30.8. The molecule has 3 N–H and O–H groups in total. The number of unbranched alkanes of at least 4 members (excludes halogenated alkanes) is 1. The normalized spacial score (nSPS) is 17.7. The summed E-state index contributed by atoms with van der Waals surface area (Å²) in [5.41, 5.74) is 2.12. The molecule has 3 rings (SSSR count). The Morgan fingerprint density at radius 3 is 2.56 bits per heavy atom. The monoisotopic (exact) mass is 580 g/mol. The Kier molecular flexibility index (Phi) is 12.4. The van der Waals surface area contributed by atoms with Gasteiger partial charge in [-0.2, -0.15) is 0 Å². The average Bonchev–Trinajstić information content (AvgIpc) is 2.90. The van der Waals surface area contributed by atoms with Crippen molar-refractivity contribution in [3.05, 3.63) is 45.8 Å². The molecule has 0 unspecified atom stereocenters. The molecular formula is C28H38Cl2N4O5. The first-order valence-corrected chi connectivity index (χ1v) is 14.3. The van der Waals surface area contributed by atoms with E-state index in [-0.39, 0.29) is 23.8 Å². The molecule has 0 spiro atoms. The molecule has 2 heterocycles. The van der Waals surface area contributed by atoms with Crippen LogP contribution in [0.1, 0.15) is 58.3 Å². The van der Waals surface area contributed by atoms with Crippen molar-refractivity contribution in [3.8, 4) is 0 Å². The van der Waals surface area contributed by atoms with Gasteiger partial charge < -0.3 is 25.4 Å². The van der Waals surface area contributed by atoms with Crippen LogP contribution in [-0.2, 0) is 19.1 Å². The third-order valence-corrected chi connectivity index (χ3v) is 7.50. The SMILES string of the molecule is CC/C=C(\C=C1/CCCC(=O)N1)OCCCCN1CCN(c2ccc(NC(=O)CCC(=O)O)c(Cl)c2Cl)CC1. The van der Waals surface area contributed by atoms with Crippen molar-refractivity contribution in [2.45, 2.75) is 58.3 Å². The van der Waals surface area contributed by atoms with E-state index in [1.807, 2.05) is 18.2 Å². The Morgan fingerprint density at radius 2 is 1.87 bits per heavy atom. The average molecular weight is 582 g/mol. The van der Waals surface area contributed by atoms with Crippen LogP contribution in [0.2, 0.25) is 10.0 Å². The van der Waals surface area contributed by atoms with Gasteiger partial charge in [-0.1, -0.05) is 30.1 Å². The van der Waals surface area contributed by atoms with E-state index < -0.39 is 11.9 Å². The number of benzene rings is 1. The lowest BCUT2D eigenvalue weighted by Crippen LogP contribution is -2.46. The van der Waals surface area contributed by atoms with Gasteiger partial charge in [-0.3, -0.25) is 19.3 Å². The number of piperazine rings is 1. The van der Waals surface area contributed by atoms with Gasteiger partial charge in [0.2, 0.25) is 11.8 Å². The number of rotatable bonds is 13. The summed E-state index contributed by atoms with van der Waals surface area (Å²) < 4.78 is 5.99. The highest BCUT2D eigenvalue weighted by Crippen LogP contribution is 2.38. The van der Waals surface area contributed by atoms with E-state index in [9.17, 15) is 14.4 Å². The Balaban J connectivity index is 1.39. The van der Waals surface area contributed by atoms with Crippen LogP contribution in [0.15, 0.2) is 35.7 Å². The summed E-state index contributed by atoms with van der Waals surface area (Å²) in [6.07, 6.45) is 8.79. The molecule has 9 nitrogen and oxygen atoms in total. The summed E-state index contributed by atoms with van der Waals surface area (Å²) in [5, 5.41) is 14.9. The largest absolute Gasteiger partial charge is 0.494 e. The van der Waals surface area contributed by atoms with Gasteiger partial charge in [-0.25, -0.2) is 0 Å². The summed E-state index contributed by atoms with van der Waals surface area (Å²) in [6, 6.07) is 3.54. The smallest absolute Gasteiger partial charge is 0.303 e. The second kappa shape index (κ2) is 15.7. The molecule has 0 saturated carbocycles. The quantitative estimate of drug-likeness (QED) is 0.217. The number of allylic oxidation sites excluding steroid dienone is 3. The number of ether oxygens (including phenoxy) is 1. The molecule has 0 atom stereocenters. The molecule has 11 heteroatoms. The van der Waals surface area contributed by atoms with Gasteiger partial charge in [0.15, 0.2) is 0 Å². The standard InChI is InChI=1S/C28H38Cl2N4O5/c1-2-6-21(19-20-7-5-8-24(35)31-20)39-18-4-3-13-33-14-16-34(17-15-33)23-10-9-22(27(29)28(23)30)32-25(36)11-12-26(37)38/h6,9-10,19H,2-5,7-8,11-18H2,1H3,(H,31,35)(H,32,36)(H,37,38)/b20-19+,21-6+. The summed E-state index contributed by atoms with van der Waals surface area (Å²) in [4.78, 5) is 38.9. The maximum atomic E-state index is 12.0. The van der Waals surface area contributed by atoms with Crippen LogP contribution in [0, 0.1) is 0 Å². The maximum absolute atomic E-state index is 12.0. The highest BCUT2D eigenvalue weighted by Gasteiger charge is 2.21. The van der Waals surface area contributed by atoms with Crippen LogP contribution >= 0.6 is 23.2 Å². The first-order chi connectivity index (χ1) is 18.8. The minimum absolute atomic E-state index is 0.0734. The van der Waals surface area contributed by atoms with Crippen molar-refractivity contribution in [2.24, 2.45) is 0 Å². The van der Waals surface area contributed by atoms with Gasteiger partial charge in [0.05, 0.1) is 34.4 Å². The number of nitrogens with zero attached hydrogens (tertiary/aromatic N) is 2. The fourth-order valence-electron chi connectivity index (χ4n) is 4.54. The molecule has 2 aliphatic rings. The molecule has 1 aromatic rings. The maximum Gasteiger partial charge on any atom is 0.303 e.